The van der Waals surface area contributed by atoms with E-state index < -0.39 is 0 Å². The molecule has 0 unspecified atom stereocenters. The van der Waals surface area contributed by atoms with Crippen molar-refractivity contribution in [2.24, 2.45) is 0 Å². The van der Waals surface area contributed by atoms with Crippen LogP contribution in [0.3, 0.4) is 0 Å². The number of fused-ring (bicyclic) bond motifs is 8. The summed E-state index contributed by atoms with van der Waals surface area (Å²) in [6.07, 6.45) is 0. The zero-order valence-corrected chi connectivity index (χ0v) is 28.4. The third-order valence-corrected chi connectivity index (χ3v) is 10.9. The van der Waals surface area contributed by atoms with Crippen LogP contribution in [0.1, 0.15) is 0 Å². The molecule has 0 bridgehead atoms. The van der Waals surface area contributed by atoms with Crippen LogP contribution in [0.5, 0.6) is 0 Å². The Bertz CT molecular complexity index is 2950. The first-order valence-electron chi connectivity index (χ1n) is 17.9. The van der Waals surface area contributed by atoms with Gasteiger partial charge in [-0.1, -0.05) is 133 Å². The third-order valence-electron chi connectivity index (χ3n) is 10.9. The van der Waals surface area contributed by atoms with Crippen molar-refractivity contribution in [1.82, 2.24) is 9.13 Å². The molecule has 0 fully saturated rings. The van der Waals surface area contributed by atoms with E-state index in [1.165, 1.54) is 87.4 Å². The van der Waals surface area contributed by atoms with Crippen LogP contribution in [0, 0.1) is 0 Å². The van der Waals surface area contributed by atoms with E-state index in [2.05, 4.69) is 203 Å². The molecule has 2 heterocycles. The lowest BCUT2D eigenvalue weighted by Gasteiger charge is -2.12. The molecule has 0 N–H and O–H groups in total. The molecule has 52 heavy (non-hydrogen) atoms. The summed E-state index contributed by atoms with van der Waals surface area (Å²) in [5.41, 5.74) is 12.0. The standard InChI is InChI=1S/C50H32N2/c1-3-11-37-29-39(19-17-33(37)9-1)35-21-25-41(26-22-35)51-47-15-7-5-13-43(47)45-31-46-44-14-6-8-16-48(44)52(50(46)32-49(45)51)42-27-23-36(24-28-42)40-20-18-34-10-2-4-12-38(34)30-40/h1-32H. The van der Waals surface area contributed by atoms with E-state index in [1.807, 2.05) is 0 Å². The monoisotopic (exact) mass is 660 g/mol. The molecule has 2 heteroatoms. The molecule has 0 saturated heterocycles. The maximum absolute atomic E-state index is 2.43. The first kappa shape index (κ1) is 28.9. The molecule has 0 aliphatic heterocycles. The molecule has 9 aromatic carbocycles. The summed E-state index contributed by atoms with van der Waals surface area (Å²) in [7, 11) is 0. The Labute approximate surface area is 301 Å². The second-order valence-corrected chi connectivity index (χ2v) is 13.8. The summed E-state index contributed by atoms with van der Waals surface area (Å²) in [5.74, 6) is 0. The fourth-order valence-corrected chi connectivity index (χ4v) is 8.33. The largest absolute Gasteiger partial charge is 0.309 e. The topological polar surface area (TPSA) is 9.86 Å². The zero-order valence-electron chi connectivity index (χ0n) is 28.4. The number of nitrogens with zero attached hydrogens (tertiary/aromatic N) is 2. The van der Waals surface area contributed by atoms with Crippen LogP contribution in [0.25, 0.3) is 98.8 Å². The van der Waals surface area contributed by atoms with Crippen molar-refractivity contribution in [1.29, 1.82) is 0 Å². The molecule has 11 rings (SSSR count). The first-order valence-corrected chi connectivity index (χ1v) is 17.9. The maximum Gasteiger partial charge on any atom is 0.0562 e. The van der Waals surface area contributed by atoms with Gasteiger partial charge < -0.3 is 9.13 Å². The van der Waals surface area contributed by atoms with Gasteiger partial charge >= 0.3 is 0 Å². The van der Waals surface area contributed by atoms with Crippen LogP contribution < -0.4 is 0 Å². The lowest BCUT2D eigenvalue weighted by Crippen LogP contribution is -1.96. The Kier molecular flexibility index (Phi) is 6.28. The predicted molar refractivity (Wildman–Crippen MR) is 221 cm³/mol. The summed E-state index contributed by atoms with van der Waals surface area (Å²) in [4.78, 5) is 0. The first-order chi connectivity index (χ1) is 25.8. The number of hydrogen-bond acceptors (Lipinski definition) is 0. The molecular weight excluding hydrogens is 629 g/mol. The van der Waals surface area contributed by atoms with Crippen LogP contribution >= 0.6 is 0 Å². The van der Waals surface area contributed by atoms with Crippen molar-refractivity contribution < 1.29 is 0 Å². The summed E-state index contributed by atoms with van der Waals surface area (Å²) >= 11 is 0. The van der Waals surface area contributed by atoms with Gasteiger partial charge in [-0.05, 0) is 104 Å². The van der Waals surface area contributed by atoms with E-state index in [4.69, 9.17) is 0 Å². The molecule has 2 aromatic heterocycles. The smallest absolute Gasteiger partial charge is 0.0562 e. The molecule has 0 aliphatic rings. The van der Waals surface area contributed by atoms with Gasteiger partial charge in [0.2, 0.25) is 0 Å². The van der Waals surface area contributed by atoms with Gasteiger partial charge in [0.1, 0.15) is 0 Å². The number of rotatable bonds is 4. The highest BCUT2D eigenvalue weighted by atomic mass is 15.0. The summed E-state index contributed by atoms with van der Waals surface area (Å²) in [6.45, 7) is 0. The van der Waals surface area contributed by atoms with Crippen LogP contribution in [-0.2, 0) is 0 Å². The SMILES string of the molecule is c1ccc2cc(-c3ccc(-n4c5ccccc5c5cc6c7ccccc7n(-c7ccc(-c8ccc9ccccc9c8)cc7)c6cc54)cc3)ccc2c1. The van der Waals surface area contributed by atoms with Crippen LogP contribution in [0.4, 0.5) is 0 Å². The summed E-state index contributed by atoms with van der Waals surface area (Å²) in [5, 5.41) is 10.1. The third kappa shape index (κ3) is 4.44. The molecule has 0 aliphatic carbocycles. The highest BCUT2D eigenvalue weighted by Gasteiger charge is 2.18. The van der Waals surface area contributed by atoms with Crippen molar-refractivity contribution >= 4 is 65.2 Å². The zero-order chi connectivity index (χ0) is 34.2. The van der Waals surface area contributed by atoms with Crippen molar-refractivity contribution in [2.45, 2.75) is 0 Å². The number of aromatic nitrogens is 2. The van der Waals surface area contributed by atoms with Gasteiger partial charge in [-0.15, -0.1) is 0 Å². The minimum atomic E-state index is 1.15. The Morgan fingerprint density at radius 3 is 1.08 bits per heavy atom. The lowest BCUT2D eigenvalue weighted by molar-refractivity contribution is 1.16. The molecule has 0 amide bonds. The fourth-order valence-electron chi connectivity index (χ4n) is 8.33. The van der Waals surface area contributed by atoms with E-state index in [9.17, 15) is 0 Å². The van der Waals surface area contributed by atoms with Gasteiger partial charge in [0, 0.05) is 32.9 Å². The Morgan fingerprint density at radius 2 is 0.615 bits per heavy atom. The Morgan fingerprint density at radius 1 is 0.231 bits per heavy atom. The van der Waals surface area contributed by atoms with Crippen LogP contribution in [0.2, 0.25) is 0 Å². The van der Waals surface area contributed by atoms with Gasteiger partial charge in [-0.25, -0.2) is 0 Å². The Hall–Kier alpha value is -6.90. The van der Waals surface area contributed by atoms with E-state index in [-0.39, 0.29) is 0 Å². The van der Waals surface area contributed by atoms with Crippen molar-refractivity contribution in [3.8, 4) is 33.6 Å². The quantitative estimate of drug-likeness (QED) is 0.178. The second-order valence-electron chi connectivity index (χ2n) is 13.8. The summed E-state index contributed by atoms with van der Waals surface area (Å²) in [6, 6.07) is 71.1. The normalized spacial score (nSPS) is 11.8. The van der Waals surface area contributed by atoms with E-state index in [0.717, 1.165) is 11.4 Å². The van der Waals surface area contributed by atoms with Crippen molar-refractivity contribution in [3.63, 3.8) is 0 Å². The minimum absolute atomic E-state index is 1.15. The molecule has 0 saturated carbocycles. The molecular formula is C50H32N2. The maximum atomic E-state index is 2.43. The molecule has 242 valence electrons. The summed E-state index contributed by atoms with van der Waals surface area (Å²) < 4.78 is 4.86. The number of para-hydroxylation sites is 2. The van der Waals surface area contributed by atoms with Crippen LogP contribution in [-0.4, -0.2) is 9.13 Å². The number of benzene rings is 9. The fraction of sp³-hybridized carbons (Fsp3) is 0. The molecule has 2 nitrogen and oxygen atoms in total. The molecule has 0 atom stereocenters. The van der Waals surface area contributed by atoms with E-state index in [1.54, 1.807) is 0 Å². The van der Waals surface area contributed by atoms with Gasteiger partial charge in [0.15, 0.2) is 0 Å². The average molecular weight is 661 g/mol. The lowest BCUT2D eigenvalue weighted by atomic mass is 10.0. The van der Waals surface area contributed by atoms with Gasteiger partial charge in [0.05, 0.1) is 22.1 Å². The van der Waals surface area contributed by atoms with Gasteiger partial charge in [-0.3, -0.25) is 0 Å². The predicted octanol–water partition coefficient (Wildman–Crippen LogP) is 13.5. The van der Waals surface area contributed by atoms with Gasteiger partial charge in [0.25, 0.3) is 0 Å². The van der Waals surface area contributed by atoms with Crippen LogP contribution in [0.15, 0.2) is 194 Å². The van der Waals surface area contributed by atoms with Crippen molar-refractivity contribution in [2.75, 3.05) is 0 Å². The van der Waals surface area contributed by atoms with E-state index in [0.29, 0.717) is 0 Å². The highest BCUT2D eigenvalue weighted by Crippen LogP contribution is 2.40. The molecule has 0 spiro atoms. The average Bonchev–Trinajstić information content (AvgIpc) is 3.71. The van der Waals surface area contributed by atoms with Gasteiger partial charge in [-0.2, -0.15) is 0 Å². The van der Waals surface area contributed by atoms with E-state index >= 15 is 0 Å². The minimum Gasteiger partial charge on any atom is -0.309 e. The Balaban J connectivity index is 1.08. The highest BCUT2D eigenvalue weighted by molar-refractivity contribution is 6.19. The number of hydrogen-bond donors (Lipinski definition) is 0. The van der Waals surface area contributed by atoms with Crippen molar-refractivity contribution in [3.05, 3.63) is 194 Å². The second kappa shape index (κ2) is 11.3. The molecule has 0 radical (unpaired) electrons. The molecule has 11 aromatic rings.